The van der Waals surface area contributed by atoms with E-state index in [1.165, 1.54) is 45.0 Å². The van der Waals surface area contributed by atoms with E-state index in [2.05, 4.69) is 19.7 Å². The molecule has 10 heteroatoms. The molecule has 0 N–H and O–H groups in total. The van der Waals surface area contributed by atoms with Crippen molar-refractivity contribution in [2.75, 3.05) is 6.61 Å². The molecule has 0 aliphatic heterocycles. The SMILES string of the molecule is C=C(C)C(=O)Oc1ccc(OC/C=C/c2cc(OC(=O)C(=C)C)c(-c3ccc(OC(=O)C(=C)C)cc3)cc2OC=C(F)F)cc1. The van der Waals surface area contributed by atoms with Gasteiger partial charge >= 0.3 is 24.0 Å². The first-order chi connectivity index (χ1) is 21.3. The van der Waals surface area contributed by atoms with Gasteiger partial charge in [0.05, 0.1) is 0 Å². The second-order valence-electron chi connectivity index (χ2n) is 9.63. The molecule has 45 heavy (non-hydrogen) atoms. The van der Waals surface area contributed by atoms with Crippen LogP contribution in [0.4, 0.5) is 8.78 Å². The number of hydrogen-bond donors (Lipinski definition) is 0. The largest absolute Gasteiger partial charge is 0.490 e. The third kappa shape index (κ3) is 10.2. The third-order valence-electron chi connectivity index (χ3n) is 5.69. The lowest BCUT2D eigenvalue weighted by molar-refractivity contribution is -0.130. The van der Waals surface area contributed by atoms with Gasteiger partial charge in [0.25, 0.3) is 0 Å². The van der Waals surface area contributed by atoms with Crippen LogP contribution in [0.2, 0.25) is 0 Å². The smallest absolute Gasteiger partial charge is 0.338 e. The van der Waals surface area contributed by atoms with Crippen molar-refractivity contribution in [1.29, 1.82) is 0 Å². The zero-order valence-electron chi connectivity index (χ0n) is 24.9. The van der Waals surface area contributed by atoms with Crippen LogP contribution in [0.15, 0.2) is 116 Å². The molecule has 0 bridgehead atoms. The topological polar surface area (TPSA) is 97.4 Å². The summed E-state index contributed by atoms with van der Waals surface area (Å²) in [6.45, 7) is 15.3. The standard InChI is InChI=1S/C35H30F2O8/c1-21(2)33(38)43-27-11-9-24(10-12-27)29-19-30(42-20-32(36)37)25(18-31(29)45-35(40)23(5)6)8-7-17-41-26-13-15-28(16-14-26)44-34(39)22(3)4/h7-16,18-20H,1,3,5,17H2,2,4,6H3/b8-7+. The van der Waals surface area contributed by atoms with E-state index < -0.39 is 24.0 Å². The van der Waals surface area contributed by atoms with Gasteiger partial charge in [-0.15, -0.1) is 0 Å². The Kier molecular flexibility index (Phi) is 11.7. The Balaban J connectivity index is 1.91. The number of hydrogen-bond acceptors (Lipinski definition) is 8. The van der Waals surface area contributed by atoms with Gasteiger partial charge in [0, 0.05) is 27.8 Å². The van der Waals surface area contributed by atoms with Crippen LogP contribution in [0.1, 0.15) is 26.3 Å². The predicted octanol–water partition coefficient (Wildman–Crippen LogP) is 8.01. The lowest BCUT2D eigenvalue weighted by Gasteiger charge is -2.15. The Morgan fingerprint density at radius 3 is 1.69 bits per heavy atom. The van der Waals surface area contributed by atoms with Gasteiger partial charge in [0.1, 0.15) is 35.4 Å². The molecule has 3 rings (SSSR count). The summed E-state index contributed by atoms with van der Waals surface area (Å²) in [5.41, 5.74) is 1.73. The van der Waals surface area contributed by atoms with Crippen LogP contribution in [-0.2, 0) is 14.4 Å². The van der Waals surface area contributed by atoms with Gasteiger partial charge in [0.2, 0.25) is 0 Å². The molecule has 0 atom stereocenters. The van der Waals surface area contributed by atoms with Crippen LogP contribution in [0.3, 0.4) is 0 Å². The highest BCUT2D eigenvalue weighted by molar-refractivity contribution is 5.91. The quantitative estimate of drug-likeness (QED) is 0.0825. The Morgan fingerprint density at radius 2 is 1.18 bits per heavy atom. The summed E-state index contributed by atoms with van der Waals surface area (Å²) in [6.07, 6.45) is 1.37. The maximum Gasteiger partial charge on any atom is 0.338 e. The highest BCUT2D eigenvalue weighted by atomic mass is 19.3. The molecule has 3 aromatic carbocycles. The molecule has 0 aliphatic rings. The van der Waals surface area contributed by atoms with E-state index in [1.807, 2.05) is 0 Å². The summed E-state index contributed by atoms with van der Waals surface area (Å²) in [6, 6.07) is 15.4. The number of ether oxygens (including phenoxy) is 5. The molecule has 0 spiro atoms. The first kappa shape index (κ1) is 33.7. The number of carbonyl (C=O) groups is 3. The van der Waals surface area contributed by atoms with Gasteiger partial charge in [-0.05, 0) is 80.9 Å². The minimum absolute atomic E-state index is 0.0191. The van der Waals surface area contributed by atoms with Crippen molar-refractivity contribution in [3.63, 3.8) is 0 Å². The van der Waals surface area contributed by atoms with Crippen LogP contribution in [0.25, 0.3) is 17.2 Å². The molecule has 232 valence electrons. The lowest BCUT2D eigenvalue weighted by Crippen LogP contribution is -2.09. The first-order valence-electron chi connectivity index (χ1n) is 13.3. The van der Waals surface area contributed by atoms with Crippen molar-refractivity contribution in [3.8, 4) is 39.9 Å². The minimum Gasteiger partial charge on any atom is -0.490 e. The molecule has 8 nitrogen and oxygen atoms in total. The van der Waals surface area contributed by atoms with Crippen molar-refractivity contribution < 1.29 is 46.8 Å². The highest BCUT2D eigenvalue weighted by Gasteiger charge is 2.17. The Labute approximate surface area is 259 Å². The lowest BCUT2D eigenvalue weighted by atomic mass is 10.0. The number of benzene rings is 3. The van der Waals surface area contributed by atoms with Crippen LogP contribution in [0.5, 0.6) is 28.7 Å². The zero-order chi connectivity index (χ0) is 33.1. The van der Waals surface area contributed by atoms with Gasteiger partial charge in [-0.2, -0.15) is 8.78 Å². The minimum atomic E-state index is -2.06. The van der Waals surface area contributed by atoms with Crippen LogP contribution in [0, 0.1) is 0 Å². The maximum absolute atomic E-state index is 13.0. The maximum atomic E-state index is 13.0. The van der Waals surface area contributed by atoms with Crippen LogP contribution < -0.4 is 23.7 Å². The average Bonchev–Trinajstić information content (AvgIpc) is 2.99. The van der Waals surface area contributed by atoms with Gasteiger partial charge in [-0.1, -0.05) is 37.9 Å². The van der Waals surface area contributed by atoms with E-state index in [9.17, 15) is 23.2 Å². The molecule has 0 amide bonds. The molecular weight excluding hydrogens is 586 g/mol. The fourth-order valence-corrected chi connectivity index (χ4v) is 3.43. The van der Waals surface area contributed by atoms with Gasteiger partial charge in [-0.25, -0.2) is 14.4 Å². The average molecular weight is 617 g/mol. The summed E-state index contributed by atoms with van der Waals surface area (Å²) < 4.78 is 52.9. The van der Waals surface area contributed by atoms with Gasteiger partial charge < -0.3 is 23.7 Å². The summed E-state index contributed by atoms with van der Waals surface area (Å²) in [4.78, 5) is 36.0. The van der Waals surface area contributed by atoms with E-state index in [0.29, 0.717) is 28.2 Å². The molecule has 0 saturated heterocycles. The molecule has 0 saturated carbocycles. The summed E-state index contributed by atoms with van der Waals surface area (Å²) in [5.74, 6) is -0.714. The van der Waals surface area contributed by atoms with E-state index in [-0.39, 0.29) is 46.8 Å². The molecular formula is C35H30F2O8. The van der Waals surface area contributed by atoms with E-state index >= 15 is 0 Å². The van der Waals surface area contributed by atoms with Crippen LogP contribution in [-0.4, -0.2) is 24.5 Å². The van der Waals surface area contributed by atoms with Crippen molar-refractivity contribution >= 4 is 24.0 Å². The number of rotatable bonds is 13. The van der Waals surface area contributed by atoms with Crippen molar-refractivity contribution in [2.45, 2.75) is 20.8 Å². The monoisotopic (exact) mass is 616 g/mol. The molecule has 0 heterocycles. The summed E-state index contributed by atoms with van der Waals surface area (Å²) in [7, 11) is 0. The summed E-state index contributed by atoms with van der Waals surface area (Å²) in [5, 5.41) is 0. The first-order valence-corrected chi connectivity index (χ1v) is 13.3. The van der Waals surface area contributed by atoms with Crippen molar-refractivity contribution in [2.24, 2.45) is 0 Å². The molecule has 3 aromatic rings. The number of halogens is 2. The molecule has 0 aromatic heterocycles. The van der Waals surface area contributed by atoms with Crippen molar-refractivity contribution in [3.05, 3.63) is 121 Å². The van der Waals surface area contributed by atoms with Gasteiger partial charge in [-0.3, -0.25) is 0 Å². The Hall–Kier alpha value is -5.77. The third-order valence-corrected chi connectivity index (χ3v) is 5.69. The van der Waals surface area contributed by atoms with Crippen molar-refractivity contribution in [1.82, 2.24) is 0 Å². The fourth-order valence-electron chi connectivity index (χ4n) is 3.43. The van der Waals surface area contributed by atoms with Crippen LogP contribution >= 0.6 is 0 Å². The molecule has 0 unspecified atom stereocenters. The Morgan fingerprint density at radius 1 is 0.689 bits per heavy atom. The second-order valence-corrected chi connectivity index (χ2v) is 9.63. The molecule has 0 aliphatic carbocycles. The zero-order valence-corrected chi connectivity index (χ0v) is 24.9. The number of esters is 3. The van der Waals surface area contributed by atoms with E-state index in [4.69, 9.17) is 23.7 Å². The highest BCUT2D eigenvalue weighted by Crippen LogP contribution is 2.38. The van der Waals surface area contributed by atoms with E-state index in [0.717, 1.165) is 0 Å². The summed E-state index contributed by atoms with van der Waals surface area (Å²) >= 11 is 0. The predicted molar refractivity (Wildman–Crippen MR) is 165 cm³/mol. The number of carbonyl (C=O) groups excluding carboxylic acids is 3. The molecule has 0 fully saturated rings. The van der Waals surface area contributed by atoms with Gasteiger partial charge in [0.15, 0.2) is 6.26 Å². The molecule has 0 radical (unpaired) electrons. The Bertz CT molecular complexity index is 1680. The fraction of sp³-hybridized carbons (Fsp3) is 0.114. The van der Waals surface area contributed by atoms with E-state index in [1.54, 1.807) is 48.6 Å². The second kappa shape index (κ2) is 15.6. The normalized spacial score (nSPS) is 10.4.